The van der Waals surface area contributed by atoms with Crippen molar-refractivity contribution < 1.29 is 0 Å². The Morgan fingerprint density at radius 1 is 0.500 bits per heavy atom. The molecule has 0 nitrogen and oxygen atoms in total. The summed E-state index contributed by atoms with van der Waals surface area (Å²) < 4.78 is 0. The average Bonchev–Trinajstić information content (AvgIpc) is 2.21. The Labute approximate surface area is 107 Å². The minimum atomic E-state index is 1.01. The van der Waals surface area contributed by atoms with Gasteiger partial charge in [0, 0.05) is 34.5 Å². The summed E-state index contributed by atoms with van der Waals surface area (Å²) >= 11 is 8.00. The molecule has 0 fully saturated rings. The van der Waals surface area contributed by atoms with Crippen LogP contribution in [0.5, 0.6) is 0 Å². The second kappa shape index (κ2) is 14.4. The summed E-state index contributed by atoms with van der Waals surface area (Å²) in [7, 11) is 0. The predicted molar refractivity (Wildman–Crippen MR) is 80.0 cm³/mol. The van der Waals surface area contributed by atoms with Crippen LogP contribution in [0.2, 0.25) is 0 Å². The summed E-state index contributed by atoms with van der Waals surface area (Å²) in [5, 5.41) is 0. The van der Waals surface area contributed by atoms with E-state index < -0.39 is 0 Å². The van der Waals surface area contributed by atoms with Crippen molar-refractivity contribution in [1.29, 1.82) is 0 Å². The standard InChI is InChI=1S/C10H20S4/c1-3-11-5-7-13-9-10-14-8-6-12-4-2/h1-10H2. The molecule has 0 heterocycles. The van der Waals surface area contributed by atoms with Crippen LogP contribution in [0, 0.1) is 13.8 Å². The van der Waals surface area contributed by atoms with Gasteiger partial charge in [0.15, 0.2) is 0 Å². The van der Waals surface area contributed by atoms with Crippen LogP contribution in [0.1, 0.15) is 0 Å². The first-order valence-electron chi connectivity index (χ1n) is 4.81. The maximum absolute atomic E-state index is 3.80. The molecule has 14 heavy (non-hydrogen) atoms. The number of thioether (sulfide) groups is 4. The topological polar surface area (TPSA) is 0 Å². The van der Waals surface area contributed by atoms with Gasteiger partial charge in [-0.25, -0.2) is 0 Å². The van der Waals surface area contributed by atoms with Crippen LogP contribution in [0.15, 0.2) is 0 Å². The van der Waals surface area contributed by atoms with E-state index in [1.807, 2.05) is 23.5 Å². The molecule has 0 unspecified atom stereocenters. The zero-order valence-electron chi connectivity index (χ0n) is 8.70. The van der Waals surface area contributed by atoms with Crippen LogP contribution in [0.3, 0.4) is 0 Å². The van der Waals surface area contributed by atoms with Crippen molar-refractivity contribution in [3.8, 4) is 0 Å². The zero-order valence-corrected chi connectivity index (χ0v) is 12.0. The molecule has 0 amide bonds. The molecule has 0 bridgehead atoms. The van der Waals surface area contributed by atoms with Gasteiger partial charge in [0.25, 0.3) is 0 Å². The minimum Gasteiger partial charge on any atom is -0.161 e. The normalized spacial score (nSPS) is 10.7. The first-order chi connectivity index (χ1) is 6.91. The van der Waals surface area contributed by atoms with Crippen molar-refractivity contribution in [3.05, 3.63) is 13.8 Å². The third kappa shape index (κ3) is 13.4. The van der Waals surface area contributed by atoms with Gasteiger partial charge in [-0.15, -0.1) is 0 Å². The average molecular weight is 269 g/mol. The summed E-state index contributed by atoms with van der Waals surface area (Å²) in [5.74, 6) is 9.72. The van der Waals surface area contributed by atoms with Gasteiger partial charge in [-0.05, 0) is 25.4 Å². The van der Waals surface area contributed by atoms with Gasteiger partial charge in [-0.3, -0.25) is 0 Å². The number of rotatable bonds is 11. The van der Waals surface area contributed by atoms with Crippen molar-refractivity contribution >= 4 is 47.0 Å². The largest absolute Gasteiger partial charge is 0.161 e. The predicted octanol–water partition coefficient (Wildman–Crippen LogP) is 3.59. The molecule has 4 heteroatoms. The lowest BCUT2D eigenvalue weighted by Crippen LogP contribution is -1.92. The molecule has 2 radical (unpaired) electrons. The van der Waals surface area contributed by atoms with Crippen molar-refractivity contribution in [2.45, 2.75) is 0 Å². The van der Waals surface area contributed by atoms with Crippen LogP contribution in [-0.4, -0.2) is 46.0 Å². The summed E-state index contributed by atoms with van der Waals surface area (Å²) in [5.41, 5.74) is 0. The Balaban J connectivity index is 2.78. The first-order valence-corrected chi connectivity index (χ1v) is 9.43. The van der Waals surface area contributed by atoms with Crippen LogP contribution in [0.25, 0.3) is 0 Å². The Kier molecular flexibility index (Phi) is 15.8. The fourth-order valence-corrected chi connectivity index (χ4v) is 4.41. The van der Waals surface area contributed by atoms with Crippen molar-refractivity contribution in [1.82, 2.24) is 0 Å². The van der Waals surface area contributed by atoms with Gasteiger partial charge in [0.2, 0.25) is 0 Å². The fourth-order valence-electron chi connectivity index (χ4n) is 0.762. The molecule has 0 spiro atoms. The molecule has 0 aliphatic heterocycles. The maximum atomic E-state index is 3.80. The van der Waals surface area contributed by atoms with Gasteiger partial charge in [-0.1, -0.05) is 0 Å². The van der Waals surface area contributed by atoms with E-state index in [4.69, 9.17) is 0 Å². The smallest absolute Gasteiger partial charge is 0.00238 e. The van der Waals surface area contributed by atoms with Crippen LogP contribution in [-0.2, 0) is 0 Å². The lowest BCUT2D eigenvalue weighted by atomic mass is 10.9. The van der Waals surface area contributed by atoms with Crippen molar-refractivity contribution in [2.24, 2.45) is 0 Å². The van der Waals surface area contributed by atoms with Gasteiger partial charge >= 0.3 is 0 Å². The maximum Gasteiger partial charge on any atom is 0.00238 e. The van der Waals surface area contributed by atoms with Gasteiger partial charge in [0.1, 0.15) is 0 Å². The molecule has 0 aliphatic carbocycles. The van der Waals surface area contributed by atoms with E-state index in [2.05, 4.69) is 37.4 Å². The van der Waals surface area contributed by atoms with Crippen molar-refractivity contribution in [3.63, 3.8) is 0 Å². The monoisotopic (exact) mass is 268 g/mol. The molecule has 0 aliphatic rings. The van der Waals surface area contributed by atoms with E-state index in [1.165, 1.54) is 34.5 Å². The van der Waals surface area contributed by atoms with E-state index in [0.29, 0.717) is 0 Å². The highest BCUT2D eigenvalue weighted by Gasteiger charge is 1.91. The van der Waals surface area contributed by atoms with Crippen LogP contribution in [0.4, 0.5) is 0 Å². The third-order valence-electron chi connectivity index (χ3n) is 1.40. The molecular formula is C10H20S4. The zero-order chi connectivity index (χ0) is 10.5. The molecule has 0 saturated heterocycles. The highest BCUT2D eigenvalue weighted by molar-refractivity contribution is 8.05. The summed E-state index contributed by atoms with van der Waals surface area (Å²) in [6.07, 6.45) is 0. The summed E-state index contributed by atoms with van der Waals surface area (Å²) in [4.78, 5) is 0. The Morgan fingerprint density at radius 3 is 1.07 bits per heavy atom. The highest BCUT2D eigenvalue weighted by Crippen LogP contribution is 2.11. The SMILES string of the molecule is [CH2]CSCCSCCSCCSC[CH2]. The van der Waals surface area contributed by atoms with Crippen LogP contribution >= 0.6 is 47.0 Å². The molecule has 0 aromatic carbocycles. The Morgan fingerprint density at radius 2 is 0.786 bits per heavy atom. The molecule has 0 atom stereocenters. The van der Waals surface area contributed by atoms with E-state index in [9.17, 15) is 0 Å². The second-order valence-corrected chi connectivity index (χ2v) is 7.35. The van der Waals surface area contributed by atoms with Crippen molar-refractivity contribution in [2.75, 3.05) is 46.0 Å². The summed E-state index contributed by atoms with van der Waals surface area (Å²) in [6, 6.07) is 0. The molecule has 0 saturated carbocycles. The lowest BCUT2D eigenvalue weighted by Gasteiger charge is -2.01. The highest BCUT2D eigenvalue weighted by atomic mass is 32.2. The fraction of sp³-hybridized carbons (Fsp3) is 0.800. The molecule has 0 aromatic heterocycles. The van der Waals surface area contributed by atoms with Gasteiger partial charge < -0.3 is 0 Å². The Hall–Kier alpha value is 1.40. The quantitative estimate of drug-likeness (QED) is 0.525. The minimum absolute atomic E-state index is 1.01. The number of hydrogen-bond acceptors (Lipinski definition) is 4. The second-order valence-electron chi connectivity index (χ2n) is 2.45. The van der Waals surface area contributed by atoms with E-state index in [0.717, 1.165) is 11.5 Å². The third-order valence-corrected chi connectivity index (χ3v) is 5.71. The molecule has 0 rings (SSSR count). The summed E-state index contributed by atoms with van der Waals surface area (Å²) in [6.45, 7) is 7.61. The molecule has 0 aromatic rings. The molecule has 0 N–H and O–H groups in total. The van der Waals surface area contributed by atoms with E-state index in [-0.39, 0.29) is 0 Å². The Bertz CT molecular complexity index is 86.1. The lowest BCUT2D eigenvalue weighted by molar-refractivity contribution is 1.46. The first kappa shape index (κ1) is 15.4. The van der Waals surface area contributed by atoms with E-state index in [1.54, 1.807) is 0 Å². The van der Waals surface area contributed by atoms with Crippen LogP contribution < -0.4 is 0 Å². The molecular weight excluding hydrogens is 248 g/mol. The van der Waals surface area contributed by atoms with E-state index >= 15 is 0 Å². The van der Waals surface area contributed by atoms with Gasteiger partial charge in [-0.2, -0.15) is 47.0 Å². The number of hydrogen-bond donors (Lipinski definition) is 0. The molecule has 84 valence electrons. The van der Waals surface area contributed by atoms with Gasteiger partial charge in [0.05, 0.1) is 0 Å².